The van der Waals surface area contributed by atoms with E-state index in [-0.39, 0.29) is 5.69 Å². The molecule has 0 saturated heterocycles. The van der Waals surface area contributed by atoms with Gasteiger partial charge >= 0.3 is 5.69 Å². The quantitative estimate of drug-likeness (QED) is 0.322. The highest BCUT2D eigenvalue weighted by Gasteiger charge is 2.06. The van der Waals surface area contributed by atoms with Crippen LogP contribution in [-0.4, -0.2) is 34.0 Å². The summed E-state index contributed by atoms with van der Waals surface area (Å²) in [6, 6.07) is 9.87. The van der Waals surface area contributed by atoms with Gasteiger partial charge in [-0.3, -0.25) is 9.56 Å². The van der Waals surface area contributed by atoms with Crippen molar-refractivity contribution in [3.63, 3.8) is 0 Å². The molecule has 0 aliphatic carbocycles. The summed E-state index contributed by atoms with van der Waals surface area (Å²) in [5.74, 6) is 0. The smallest absolute Gasteiger partial charge is 0.354 e. The molecule has 0 aliphatic rings. The minimum Gasteiger partial charge on any atom is -0.390 e. The maximum atomic E-state index is 12.2. The summed E-state index contributed by atoms with van der Waals surface area (Å²) in [6.07, 6.45) is 4.10. The Bertz CT molecular complexity index is 925. The molecule has 7 heteroatoms. The number of nitrogens with one attached hydrogen (secondary N) is 2. The van der Waals surface area contributed by atoms with Crippen molar-refractivity contribution in [3.05, 3.63) is 58.3 Å². The van der Waals surface area contributed by atoms with Crippen LogP contribution in [0.15, 0.2) is 46.3 Å². The molecule has 0 saturated carbocycles. The maximum absolute atomic E-state index is 12.2. The van der Waals surface area contributed by atoms with Crippen LogP contribution in [0.2, 0.25) is 0 Å². The van der Waals surface area contributed by atoms with E-state index in [1.54, 1.807) is 4.57 Å². The van der Waals surface area contributed by atoms with Crippen LogP contribution in [0.3, 0.4) is 0 Å². The molecule has 4 N–H and O–H groups in total. The van der Waals surface area contributed by atoms with Gasteiger partial charge in [-0.05, 0) is 43.7 Å². The fraction of sp³-hybridized carbons (Fsp3) is 0.409. The van der Waals surface area contributed by atoms with Crippen LogP contribution in [0.4, 0.5) is 0 Å². The first-order valence-corrected chi connectivity index (χ1v) is 10.3. The van der Waals surface area contributed by atoms with Crippen LogP contribution >= 0.6 is 0 Å². The second-order valence-corrected chi connectivity index (χ2v) is 5.90. The van der Waals surface area contributed by atoms with E-state index in [9.17, 15) is 4.79 Å². The molecule has 7 nitrogen and oxygen atoms in total. The Morgan fingerprint density at radius 3 is 2.55 bits per heavy atom. The molecule has 2 heterocycles. The Morgan fingerprint density at radius 1 is 1.21 bits per heavy atom. The van der Waals surface area contributed by atoms with Crippen molar-refractivity contribution in [1.82, 2.24) is 19.9 Å². The predicted molar refractivity (Wildman–Crippen MR) is 123 cm³/mol. The molecule has 0 radical (unpaired) electrons. The molecule has 0 fully saturated rings. The number of hydrogen-bond donors (Lipinski definition) is 3. The Hall–Kier alpha value is -2.93. The van der Waals surface area contributed by atoms with Crippen molar-refractivity contribution >= 4 is 17.4 Å². The molecule has 158 valence electrons. The van der Waals surface area contributed by atoms with Crippen molar-refractivity contribution in [2.45, 2.75) is 47.6 Å². The van der Waals surface area contributed by atoms with Crippen LogP contribution in [0.25, 0.3) is 16.7 Å². The van der Waals surface area contributed by atoms with Crippen molar-refractivity contribution in [3.8, 4) is 5.69 Å². The number of nitrogens with two attached hydrogens (primary N) is 1. The number of hydrogen-bond acceptors (Lipinski definition) is 4. The predicted octanol–water partition coefficient (Wildman–Crippen LogP) is 3.54. The number of aromatic amines is 1. The summed E-state index contributed by atoms with van der Waals surface area (Å²) in [5.41, 5.74) is 8.48. The molecule has 2 aromatic heterocycles. The lowest BCUT2D eigenvalue weighted by molar-refractivity contribution is 0.656. The summed E-state index contributed by atoms with van der Waals surface area (Å²) in [5, 5.41) is 4.28. The van der Waals surface area contributed by atoms with E-state index in [2.05, 4.69) is 20.3 Å². The summed E-state index contributed by atoms with van der Waals surface area (Å²) in [6.45, 7) is 12.3. The van der Waals surface area contributed by atoms with Crippen molar-refractivity contribution in [1.29, 1.82) is 0 Å². The zero-order valence-electron chi connectivity index (χ0n) is 18.2. The summed E-state index contributed by atoms with van der Waals surface area (Å²) in [7, 11) is 0. The van der Waals surface area contributed by atoms with E-state index in [1.807, 2.05) is 71.1 Å². The highest BCUT2D eigenvalue weighted by atomic mass is 16.1. The Kier molecular flexibility index (Phi) is 11.0. The second kappa shape index (κ2) is 13.3. The molecule has 0 unspecified atom stereocenters. The van der Waals surface area contributed by atoms with Crippen molar-refractivity contribution in [2.75, 3.05) is 13.1 Å². The first-order chi connectivity index (χ1) is 14.2. The Morgan fingerprint density at radius 2 is 1.90 bits per heavy atom. The van der Waals surface area contributed by atoms with Crippen LogP contribution in [0.5, 0.6) is 0 Å². The highest BCUT2D eigenvalue weighted by Crippen LogP contribution is 2.13. The highest BCUT2D eigenvalue weighted by molar-refractivity contribution is 5.75. The molecular formula is C22H34N6O. The van der Waals surface area contributed by atoms with Crippen molar-refractivity contribution in [2.24, 2.45) is 10.7 Å². The molecule has 1 aromatic carbocycles. The van der Waals surface area contributed by atoms with Gasteiger partial charge in [-0.2, -0.15) is 4.98 Å². The molecule has 3 aromatic rings. The van der Waals surface area contributed by atoms with Crippen LogP contribution in [0, 0.1) is 6.92 Å². The first-order valence-electron chi connectivity index (χ1n) is 10.3. The largest absolute Gasteiger partial charge is 0.390 e. The van der Waals surface area contributed by atoms with E-state index in [0.717, 1.165) is 48.4 Å². The van der Waals surface area contributed by atoms with Gasteiger partial charge in [0.2, 0.25) is 0 Å². The van der Waals surface area contributed by atoms with Crippen LogP contribution < -0.4 is 16.7 Å². The minimum atomic E-state index is -0.291. The van der Waals surface area contributed by atoms with Gasteiger partial charge in [0, 0.05) is 30.4 Å². The minimum absolute atomic E-state index is 0.291. The molecule has 0 atom stereocenters. The zero-order valence-corrected chi connectivity index (χ0v) is 18.2. The molecule has 0 bridgehead atoms. The summed E-state index contributed by atoms with van der Waals surface area (Å²) >= 11 is 0. The normalized spacial score (nSPS) is 10.4. The van der Waals surface area contributed by atoms with Crippen molar-refractivity contribution < 1.29 is 0 Å². The van der Waals surface area contributed by atoms with Gasteiger partial charge in [0.25, 0.3) is 0 Å². The number of fused-ring (bicyclic) bond motifs is 1. The molecule has 0 aliphatic heterocycles. The first kappa shape index (κ1) is 24.1. The summed E-state index contributed by atoms with van der Waals surface area (Å²) < 4.78 is 1.57. The van der Waals surface area contributed by atoms with E-state index >= 15 is 0 Å². The van der Waals surface area contributed by atoms with Gasteiger partial charge in [-0.1, -0.05) is 39.8 Å². The van der Waals surface area contributed by atoms with E-state index in [1.165, 1.54) is 6.34 Å². The van der Waals surface area contributed by atoms with Gasteiger partial charge in [-0.25, -0.2) is 4.79 Å². The maximum Gasteiger partial charge on any atom is 0.354 e. The number of benzene rings is 1. The summed E-state index contributed by atoms with van der Waals surface area (Å²) in [4.78, 5) is 23.4. The second-order valence-electron chi connectivity index (χ2n) is 5.90. The van der Waals surface area contributed by atoms with Gasteiger partial charge in [0.15, 0.2) is 0 Å². The van der Waals surface area contributed by atoms with Gasteiger partial charge in [0.1, 0.15) is 5.65 Å². The average Bonchev–Trinajstić information content (AvgIpc) is 3.12. The van der Waals surface area contributed by atoms with Crippen LogP contribution in [-0.2, 0) is 6.54 Å². The fourth-order valence-corrected chi connectivity index (χ4v) is 2.69. The average molecular weight is 399 g/mol. The molecular weight excluding hydrogens is 364 g/mol. The number of aliphatic imine (C=N–C) groups is 1. The number of aromatic nitrogens is 3. The van der Waals surface area contributed by atoms with E-state index < -0.39 is 0 Å². The Labute approximate surface area is 173 Å². The topological polar surface area (TPSA) is 101 Å². The number of H-pyrrole nitrogens is 1. The van der Waals surface area contributed by atoms with Gasteiger partial charge < -0.3 is 16.0 Å². The third-order valence-electron chi connectivity index (χ3n) is 3.93. The molecule has 0 spiro atoms. The SMILES string of the molecule is CC.CC.Cc1cc2cn(-c3ccc(CNCCCN=CN)cc3)c(=O)nc2[nH]1. The third-order valence-corrected chi connectivity index (χ3v) is 3.93. The van der Waals surface area contributed by atoms with Gasteiger partial charge in [0.05, 0.1) is 12.0 Å². The number of aryl methyl sites for hydroxylation is 1. The molecule has 0 amide bonds. The molecule has 29 heavy (non-hydrogen) atoms. The monoisotopic (exact) mass is 398 g/mol. The number of nitrogens with zero attached hydrogens (tertiary/aromatic N) is 3. The molecule has 3 rings (SSSR count). The van der Waals surface area contributed by atoms with E-state index in [0.29, 0.717) is 5.65 Å². The zero-order chi connectivity index (χ0) is 21.6. The standard InChI is InChI=1S/C18H22N6O.2C2H6/c1-13-9-15-11-24(18(25)23-17(15)22-13)16-5-3-14(4-6-16)10-20-7-2-8-21-12-19;2*1-2/h3-6,9,11-12,20H,2,7-8,10H2,1H3,(H2,19,21)(H,22,23,25);2*1-2H3. The number of rotatable bonds is 7. The Balaban J connectivity index is 0.000000989. The van der Waals surface area contributed by atoms with Crippen LogP contribution in [0.1, 0.15) is 45.4 Å². The lowest BCUT2D eigenvalue weighted by Gasteiger charge is -2.07. The third kappa shape index (κ3) is 7.19. The fourth-order valence-electron chi connectivity index (χ4n) is 2.69. The van der Waals surface area contributed by atoms with E-state index in [4.69, 9.17) is 5.73 Å². The lowest BCUT2D eigenvalue weighted by Crippen LogP contribution is -2.20. The van der Waals surface area contributed by atoms with Gasteiger partial charge in [-0.15, -0.1) is 0 Å². The lowest BCUT2D eigenvalue weighted by atomic mass is 10.2.